The Bertz CT molecular complexity index is 317. The Hall–Kier alpha value is -0.440. The first-order valence-corrected chi connectivity index (χ1v) is 5.59. The van der Waals surface area contributed by atoms with Gasteiger partial charge in [0.2, 0.25) is 0 Å². The Labute approximate surface area is 109 Å². The van der Waals surface area contributed by atoms with E-state index < -0.39 is 0 Å². The van der Waals surface area contributed by atoms with Crippen LogP contribution in [-0.4, -0.2) is 12.6 Å². The number of rotatable bonds is 4. The van der Waals surface area contributed by atoms with Crippen molar-refractivity contribution >= 4 is 24.0 Å². The number of benzene rings is 1. The van der Waals surface area contributed by atoms with E-state index in [1.165, 1.54) is 0 Å². The lowest BCUT2D eigenvalue weighted by Gasteiger charge is -2.12. The summed E-state index contributed by atoms with van der Waals surface area (Å²) in [6, 6.07) is 4.17. The molecule has 1 aromatic rings. The van der Waals surface area contributed by atoms with Crippen LogP contribution in [0.25, 0.3) is 0 Å². The van der Waals surface area contributed by atoms with Gasteiger partial charge in [-0.25, -0.2) is 0 Å². The molecule has 0 radical (unpaired) electrons. The molecule has 0 aliphatic carbocycles. The van der Waals surface area contributed by atoms with Crippen molar-refractivity contribution in [1.82, 2.24) is 0 Å². The fraction of sp³-hybridized carbons (Fsp3) is 0.500. The molecule has 0 aliphatic heterocycles. The maximum absolute atomic E-state index is 6.13. The molecule has 1 unspecified atom stereocenters. The molecule has 0 heterocycles. The molecular weight excluding hydrogens is 245 g/mol. The highest BCUT2D eigenvalue weighted by Gasteiger charge is 2.08. The van der Waals surface area contributed by atoms with Crippen LogP contribution in [0, 0.1) is 6.92 Å². The summed E-state index contributed by atoms with van der Waals surface area (Å²) >= 11 is 6.13. The van der Waals surface area contributed by atoms with E-state index in [0.29, 0.717) is 11.6 Å². The molecule has 2 nitrogen and oxygen atoms in total. The number of nitrogens with two attached hydrogens (primary N) is 1. The van der Waals surface area contributed by atoms with E-state index in [2.05, 4.69) is 6.07 Å². The Morgan fingerprint density at radius 3 is 2.50 bits per heavy atom. The van der Waals surface area contributed by atoms with Gasteiger partial charge in [0.25, 0.3) is 0 Å². The van der Waals surface area contributed by atoms with Gasteiger partial charge >= 0.3 is 0 Å². The van der Waals surface area contributed by atoms with Crippen molar-refractivity contribution in [2.24, 2.45) is 5.73 Å². The zero-order valence-corrected chi connectivity index (χ0v) is 11.5. The van der Waals surface area contributed by atoms with Crippen LogP contribution in [0.2, 0.25) is 5.02 Å². The first kappa shape index (κ1) is 15.6. The molecule has 1 atom stereocenters. The summed E-state index contributed by atoms with van der Waals surface area (Å²) in [5.74, 6) is 0.785. The third kappa shape index (κ3) is 4.20. The van der Waals surface area contributed by atoms with E-state index in [4.69, 9.17) is 22.1 Å². The molecule has 0 aromatic heterocycles. The number of hydrogen-bond donors (Lipinski definition) is 1. The third-order valence-electron chi connectivity index (χ3n) is 2.14. The monoisotopic (exact) mass is 263 g/mol. The Balaban J connectivity index is 0.00000225. The molecule has 16 heavy (non-hydrogen) atoms. The predicted octanol–water partition coefficient (Wildman–Crippen LogP) is 3.36. The van der Waals surface area contributed by atoms with Gasteiger partial charge in [-0.05, 0) is 44.4 Å². The lowest BCUT2D eigenvalue weighted by molar-refractivity contribution is 0.338. The van der Waals surface area contributed by atoms with Crippen LogP contribution in [-0.2, 0) is 6.42 Å². The van der Waals surface area contributed by atoms with E-state index in [9.17, 15) is 0 Å². The molecule has 2 N–H and O–H groups in total. The zero-order chi connectivity index (χ0) is 11.4. The maximum Gasteiger partial charge on any atom is 0.140 e. The molecule has 0 spiro atoms. The molecule has 0 saturated heterocycles. The smallest absolute Gasteiger partial charge is 0.140 e. The molecule has 0 amide bonds. The van der Waals surface area contributed by atoms with E-state index >= 15 is 0 Å². The highest BCUT2D eigenvalue weighted by molar-refractivity contribution is 6.32. The average molecular weight is 264 g/mol. The highest BCUT2D eigenvalue weighted by Crippen LogP contribution is 2.30. The quantitative estimate of drug-likeness (QED) is 0.905. The summed E-state index contributed by atoms with van der Waals surface area (Å²) in [5, 5.41) is 0.674. The molecule has 1 rings (SSSR count). The fourth-order valence-electron chi connectivity index (χ4n) is 1.62. The van der Waals surface area contributed by atoms with E-state index in [1.807, 2.05) is 26.8 Å². The van der Waals surface area contributed by atoms with E-state index in [0.717, 1.165) is 23.3 Å². The molecule has 0 aliphatic rings. The van der Waals surface area contributed by atoms with Gasteiger partial charge in [0.1, 0.15) is 5.75 Å². The Kier molecular flexibility index (Phi) is 6.81. The van der Waals surface area contributed by atoms with Crippen LogP contribution in [0.15, 0.2) is 12.1 Å². The topological polar surface area (TPSA) is 35.2 Å². The van der Waals surface area contributed by atoms with Crippen LogP contribution in [0.1, 0.15) is 25.0 Å². The molecule has 92 valence electrons. The Morgan fingerprint density at radius 1 is 1.44 bits per heavy atom. The predicted molar refractivity (Wildman–Crippen MR) is 72.0 cm³/mol. The lowest BCUT2D eigenvalue weighted by Crippen LogP contribution is -2.17. The van der Waals surface area contributed by atoms with Gasteiger partial charge in [-0.2, -0.15) is 0 Å². The van der Waals surface area contributed by atoms with Crippen LogP contribution in [0.5, 0.6) is 5.75 Å². The highest BCUT2D eigenvalue weighted by atomic mass is 35.5. The maximum atomic E-state index is 6.13. The molecule has 0 saturated carbocycles. The van der Waals surface area contributed by atoms with Crippen molar-refractivity contribution in [3.63, 3.8) is 0 Å². The summed E-state index contributed by atoms with van der Waals surface area (Å²) in [7, 11) is 0. The third-order valence-corrected chi connectivity index (χ3v) is 2.42. The van der Waals surface area contributed by atoms with Crippen LogP contribution in [0.4, 0.5) is 0 Å². The second-order valence-corrected chi connectivity index (χ2v) is 4.25. The Morgan fingerprint density at radius 2 is 2.06 bits per heavy atom. The second kappa shape index (κ2) is 7.00. The normalized spacial score (nSPS) is 11.8. The van der Waals surface area contributed by atoms with Gasteiger partial charge in [0, 0.05) is 6.04 Å². The number of halogens is 2. The minimum atomic E-state index is 0. The van der Waals surface area contributed by atoms with E-state index in [1.54, 1.807) is 0 Å². The summed E-state index contributed by atoms with van der Waals surface area (Å²) < 4.78 is 5.46. The zero-order valence-electron chi connectivity index (χ0n) is 9.92. The van der Waals surface area contributed by atoms with Gasteiger partial charge in [0.05, 0.1) is 11.6 Å². The minimum absolute atomic E-state index is 0. The number of aryl methyl sites for hydroxylation is 1. The largest absolute Gasteiger partial charge is 0.492 e. The van der Waals surface area contributed by atoms with Crippen molar-refractivity contribution in [3.8, 4) is 5.75 Å². The van der Waals surface area contributed by atoms with Crippen molar-refractivity contribution in [2.45, 2.75) is 33.2 Å². The van der Waals surface area contributed by atoms with Crippen molar-refractivity contribution < 1.29 is 4.74 Å². The van der Waals surface area contributed by atoms with Crippen molar-refractivity contribution in [3.05, 3.63) is 28.3 Å². The first-order valence-electron chi connectivity index (χ1n) is 5.22. The van der Waals surface area contributed by atoms with Crippen LogP contribution in [0.3, 0.4) is 0 Å². The average Bonchev–Trinajstić information content (AvgIpc) is 2.10. The van der Waals surface area contributed by atoms with Gasteiger partial charge < -0.3 is 10.5 Å². The molecule has 0 bridgehead atoms. The van der Waals surface area contributed by atoms with Gasteiger partial charge in [-0.3, -0.25) is 0 Å². The molecule has 0 fully saturated rings. The fourth-order valence-corrected chi connectivity index (χ4v) is 1.96. The second-order valence-electron chi connectivity index (χ2n) is 3.84. The van der Waals surface area contributed by atoms with E-state index in [-0.39, 0.29) is 18.4 Å². The van der Waals surface area contributed by atoms with Gasteiger partial charge in [-0.1, -0.05) is 17.7 Å². The first-order chi connectivity index (χ1) is 7.04. The number of hydrogen-bond acceptors (Lipinski definition) is 2. The molecule has 1 aromatic carbocycles. The SMILES string of the molecule is CCOc1c(C)cc(CC(C)N)cc1Cl.Cl. The van der Waals surface area contributed by atoms with Crippen LogP contribution >= 0.6 is 24.0 Å². The van der Waals surface area contributed by atoms with Crippen molar-refractivity contribution in [1.29, 1.82) is 0 Å². The van der Waals surface area contributed by atoms with Gasteiger partial charge in [0.15, 0.2) is 0 Å². The molecular formula is C12H19Cl2NO. The summed E-state index contributed by atoms with van der Waals surface area (Å²) in [5.41, 5.74) is 7.98. The summed E-state index contributed by atoms with van der Waals surface area (Å²) in [6.07, 6.45) is 0.840. The summed E-state index contributed by atoms with van der Waals surface area (Å²) in [6.45, 7) is 6.57. The standard InChI is InChI=1S/C12H18ClNO.ClH/c1-4-15-12-8(2)5-10(6-9(3)14)7-11(12)13;/h5,7,9H,4,6,14H2,1-3H3;1H. The lowest BCUT2D eigenvalue weighted by atomic mass is 10.0. The van der Waals surface area contributed by atoms with Crippen LogP contribution < -0.4 is 10.5 Å². The van der Waals surface area contributed by atoms with Gasteiger partial charge in [-0.15, -0.1) is 12.4 Å². The summed E-state index contributed by atoms with van der Waals surface area (Å²) in [4.78, 5) is 0. The number of ether oxygens (including phenoxy) is 1. The minimum Gasteiger partial charge on any atom is -0.492 e. The van der Waals surface area contributed by atoms with Crippen molar-refractivity contribution in [2.75, 3.05) is 6.61 Å². The molecule has 4 heteroatoms.